The molecule has 32 heavy (non-hydrogen) atoms. The number of aromatic nitrogens is 4. The van der Waals surface area contributed by atoms with E-state index in [1.54, 1.807) is 18.3 Å². The van der Waals surface area contributed by atoms with Crippen LogP contribution in [0.5, 0.6) is 0 Å². The van der Waals surface area contributed by atoms with Gasteiger partial charge in [-0.05, 0) is 38.2 Å². The summed E-state index contributed by atoms with van der Waals surface area (Å²) >= 11 is 0. The van der Waals surface area contributed by atoms with Crippen LogP contribution in [0.4, 0.5) is 10.3 Å². The third-order valence-corrected chi connectivity index (χ3v) is 6.47. The summed E-state index contributed by atoms with van der Waals surface area (Å²) < 4.78 is 14.7. The Hall–Kier alpha value is -3.29. The van der Waals surface area contributed by atoms with E-state index in [9.17, 15) is 9.18 Å². The van der Waals surface area contributed by atoms with Crippen molar-refractivity contribution in [1.29, 1.82) is 0 Å². The van der Waals surface area contributed by atoms with Gasteiger partial charge in [0.25, 0.3) is 5.91 Å². The number of fused-ring (bicyclic) bond motifs is 1. The first-order valence-corrected chi connectivity index (χ1v) is 11.2. The smallest absolute Gasteiger partial charge is 0.274 e. The summed E-state index contributed by atoms with van der Waals surface area (Å²) in [7, 11) is 3.77. The number of piperidine rings is 1. The van der Waals surface area contributed by atoms with Gasteiger partial charge in [-0.1, -0.05) is 18.2 Å². The van der Waals surface area contributed by atoms with Gasteiger partial charge in [0.15, 0.2) is 5.69 Å². The van der Waals surface area contributed by atoms with Gasteiger partial charge in [-0.2, -0.15) is 5.10 Å². The van der Waals surface area contributed by atoms with Crippen molar-refractivity contribution in [3.63, 3.8) is 0 Å². The van der Waals surface area contributed by atoms with Crippen molar-refractivity contribution in [2.24, 2.45) is 0 Å². The van der Waals surface area contributed by atoms with Gasteiger partial charge >= 0.3 is 0 Å². The van der Waals surface area contributed by atoms with Gasteiger partial charge in [0, 0.05) is 61.7 Å². The van der Waals surface area contributed by atoms with Crippen molar-refractivity contribution < 1.29 is 9.18 Å². The maximum Gasteiger partial charge on any atom is 0.274 e. The number of aromatic amines is 1. The average Bonchev–Trinajstić information content (AvgIpc) is 3.43. The van der Waals surface area contributed by atoms with Gasteiger partial charge in [-0.15, -0.1) is 0 Å². The Balaban J connectivity index is 1.49. The van der Waals surface area contributed by atoms with Crippen LogP contribution in [-0.2, 0) is 12.8 Å². The number of hydrogen-bond donors (Lipinski definition) is 1. The highest BCUT2D eigenvalue weighted by molar-refractivity contribution is 5.94. The Morgan fingerprint density at radius 2 is 2.03 bits per heavy atom. The second-order valence-electron chi connectivity index (χ2n) is 8.82. The van der Waals surface area contributed by atoms with E-state index in [0.717, 1.165) is 49.1 Å². The normalized spacial score (nSPS) is 18.0. The maximum atomic E-state index is 14.7. The maximum absolute atomic E-state index is 14.7. The molecule has 3 aromatic rings. The molecule has 3 heterocycles. The molecule has 1 amide bonds. The summed E-state index contributed by atoms with van der Waals surface area (Å²) in [6.07, 6.45) is 6.37. The van der Waals surface area contributed by atoms with Crippen LogP contribution in [-0.4, -0.2) is 58.2 Å². The number of H-pyrrole nitrogens is 1. The molecule has 0 radical (unpaired) electrons. The quantitative estimate of drug-likeness (QED) is 0.679. The molecule has 166 valence electrons. The topological polar surface area (TPSA) is 78.0 Å². The monoisotopic (exact) mass is 434 g/mol. The molecular formula is C24H27FN6O. The molecule has 8 heteroatoms. The van der Waals surface area contributed by atoms with E-state index in [0.29, 0.717) is 35.9 Å². The highest BCUT2D eigenvalue weighted by Gasteiger charge is 2.32. The standard InChI is InChI=1S/C24H27FN6O/c1-30(2)24-26-13-18(16-8-3-4-10-19(16)25)21(27-24)15-7-6-12-31(14-15)23(32)22-17-9-5-11-20(17)28-29-22/h3-4,8,10,13,15H,5-7,9,11-12,14H2,1-2H3,(H,28,29). The van der Waals surface area contributed by atoms with Gasteiger partial charge in [0.1, 0.15) is 5.82 Å². The summed E-state index contributed by atoms with van der Waals surface area (Å²) in [4.78, 5) is 26.3. The largest absolute Gasteiger partial charge is 0.347 e. The Morgan fingerprint density at radius 3 is 2.84 bits per heavy atom. The minimum atomic E-state index is -0.300. The Labute approximate surface area is 186 Å². The molecule has 1 aromatic carbocycles. The van der Waals surface area contributed by atoms with Crippen LogP contribution in [0.25, 0.3) is 11.1 Å². The number of anilines is 1. The van der Waals surface area contributed by atoms with Crippen molar-refractivity contribution in [2.45, 2.75) is 38.0 Å². The van der Waals surface area contributed by atoms with E-state index in [2.05, 4.69) is 15.2 Å². The number of rotatable bonds is 4. The lowest BCUT2D eigenvalue weighted by Gasteiger charge is -2.33. The number of carbonyl (C=O) groups excluding carboxylic acids is 1. The van der Waals surface area contributed by atoms with E-state index in [4.69, 9.17) is 4.98 Å². The zero-order valence-electron chi connectivity index (χ0n) is 18.4. The van der Waals surface area contributed by atoms with Crippen LogP contribution in [0, 0.1) is 5.82 Å². The van der Waals surface area contributed by atoms with Gasteiger partial charge in [-0.25, -0.2) is 14.4 Å². The van der Waals surface area contributed by atoms with Crippen LogP contribution in [0.1, 0.15) is 52.6 Å². The van der Waals surface area contributed by atoms with Crippen LogP contribution >= 0.6 is 0 Å². The van der Waals surface area contributed by atoms with Gasteiger partial charge in [0.2, 0.25) is 5.95 Å². The third-order valence-electron chi connectivity index (χ3n) is 6.47. The third kappa shape index (κ3) is 3.63. The molecule has 0 saturated carbocycles. The summed E-state index contributed by atoms with van der Waals surface area (Å²) in [5.41, 5.74) is 4.69. The number of likely N-dealkylation sites (tertiary alicyclic amines) is 1. The van der Waals surface area contributed by atoms with Gasteiger partial charge in [-0.3, -0.25) is 9.89 Å². The van der Waals surface area contributed by atoms with Crippen molar-refractivity contribution in [3.8, 4) is 11.1 Å². The number of hydrogen-bond acceptors (Lipinski definition) is 5. The zero-order valence-corrected chi connectivity index (χ0v) is 18.4. The molecular weight excluding hydrogens is 407 g/mol. The summed E-state index contributed by atoms with van der Waals surface area (Å²) in [5, 5.41) is 7.37. The van der Waals surface area contributed by atoms with Crippen LogP contribution in [0.15, 0.2) is 30.5 Å². The molecule has 1 N–H and O–H groups in total. The van der Waals surface area contributed by atoms with Crippen molar-refractivity contribution in [3.05, 3.63) is 58.9 Å². The molecule has 1 aliphatic heterocycles. The zero-order chi connectivity index (χ0) is 22.2. The van der Waals surface area contributed by atoms with Crippen LogP contribution in [0.2, 0.25) is 0 Å². The lowest BCUT2D eigenvalue weighted by atomic mass is 9.89. The average molecular weight is 435 g/mol. The molecule has 5 rings (SSSR count). The predicted molar refractivity (Wildman–Crippen MR) is 120 cm³/mol. The SMILES string of the molecule is CN(C)c1ncc(-c2ccccc2F)c(C2CCCN(C(=O)c3n[nH]c4c3CCC4)C2)n1. The number of halogens is 1. The Bertz CT molecular complexity index is 1160. The summed E-state index contributed by atoms with van der Waals surface area (Å²) in [5.74, 6) is 0.249. The first-order chi connectivity index (χ1) is 15.5. The minimum Gasteiger partial charge on any atom is -0.347 e. The first-order valence-electron chi connectivity index (χ1n) is 11.2. The first kappa shape index (κ1) is 20.6. The summed E-state index contributed by atoms with van der Waals surface area (Å²) in [6.45, 7) is 1.23. The molecule has 7 nitrogen and oxygen atoms in total. The van der Waals surface area contributed by atoms with E-state index < -0.39 is 0 Å². The van der Waals surface area contributed by atoms with E-state index >= 15 is 0 Å². The van der Waals surface area contributed by atoms with Crippen molar-refractivity contribution in [2.75, 3.05) is 32.1 Å². The van der Waals surface area contributed by atoms with Gasteiger partial charge in [0.05, 0.1) is 5.69 Å². The number of nitrogens with zero attached hydrogens (tertiary/aromatic N) is 5. The summed E-state index contributed by atoms with van der Waals surface area (Å²) in [6, 6.07) is 6.70. The number of benzene rings is 1. The molecule has 1 saturated heterocycles. The molecule has 2 aliphatic rings. The predicted octanol–water partition coefficient (Wildman–Crippen LogP) is 3.58. The fourth-order valence-electron chi connectivity index (χ4n) is 4.83. The van der Waals surface area contributed by atoms with E-state index in [1.807, 2.05) is 30.0 Å². The molecule has 1 atom stereocenters. The van der Waals surface area contributed by atoms with Crippen molar-refractivity contribution >= 4 is 11.9 Å². The second-order valence-corrected chi connectivity index (χ2v) is 8.82. The van der Waals surface area contributed by atoms with Crippen molar-refractivity contribution in [1.82, 2.24) is 25.1 Å². The highest BCUT2D eigenvalue weighted by atomic mass is 19.1. The molecule has 1 fully saturated rings. The van der Waals surface area contributed by atoms with Crippen LogP contribution < -0.4 is 4.90 Å². The molecule has 1 aliphatic carbocycles. The van der Waals surface area contributed by atoms with E-state index in [1.165, 1.54) is 6.07 Å². The number of amides is 1. The number of nitrogens with one attached hydrogen (secondary N) is 1. The lowest BCUT2D eigenvalue weighted by Crippen LogP contribution is -2.40. The Morgan fingerprint density at radius 1 is 1.19 bits per heavy atom. The van der Waals surface area contributed by atoms with Crippen LogP contribution in [0.3, 0.4) is 0 Å². The fraction of sp³-hybridized carbons (Fsp3) is 0.417. The molecule has 0 bridgehead atoms. The van der Waals surface area contributed by atoms with E-state index in [-0.39, 0.29) is 17.6 Å². The molecule has 2 aromatic heterocycles. The minimum absolute atomic E-state index is 0.00371. The second kappa shape index (κ2) is 8.33. The molecule has 1 unspecified atom stereocenters. The lowest BCUT2D eigenvalue weighted by molar-refractivity contribution is 0.0699. The number of carbonyl (C=O) groups is 1. The van der Waals surface area contributed by atoms with Gasteiger partial charge < -0.3 is 9.80 Å². The fourth-order valence-corrected chi connectivity index (χ4v) is 4.83. The number of aryl methyl sites for hydroxylation is 1. The highest BCUT2D eigenvalue weighted by Crippen LogP contribution is 2.35. The molecule has 0 spiro atoms. The Kier molecular flexibility index (Phi) is 5.36.